The minimum Gasteiger partial charge on any atom is -0.465 e. The number of ether oxygens (including phenoxy) is 1. The number of thioether (sulfide) groups is 1. The van der Waals surface area contributed by atoms with E-state index in [1.54, 1.807) is 19.9 Å². The maximum absolute atomic E-state index is 11.6. The monoisotopic (exact) mass is 269 g/mol. The van der Waals surface area contributed by atoms with E-state index in [-0.39, 0.29) is 18.3 Å². The summed E-state index contributed by atoms with van der Waals surface area (Å²) < 4.78 is 4.84. The minimum absolute atomic E-state index is 0.115. The molecule has 1 aromatic heterocycles. The van der Waals surface area contributed by atoms with Crippen LogP contribution in [0, 0.1) is 6.92 Å². The van der Waals surface area contributed by atoms with Crippen LogP contribution in [0.1, 0.15) is 19.5 Å². The van der Waals surface area contributed by atoms with Gasteiger partial charge in [0.1, 0.15) is 5.03 Å². The van der Waals surface area contributed by atoms with Crippen LogP contribution in [0.3, 0.4) is 0 Å². The fourth-order valence-corrected chi connectivity index (χ4v) is 2.21. The minimum atomic E-state index is -0.918. The van der Waals surface area contributed by atoms with E-state index in [1.165, 1.54) is 6.92 Å². The number of aryl methyl sites for hydroxylation is 1. The molecule has 0 amide bonds. The van der Waals surface area contributed by atoms with Crippen molar-refractivity contribution in [1.29, 1.82) is 0 Å². The van der Waals surface area contributed by atoms with E-state index in [0.29, 0.717) is 10.7 Å². The van der Waals surface area contributed by atoms with Crippen molar-refractivity contribution in [3.63, 3.8) is 0 Å². The van der Waals surface area contributed by atoms with Crippen molar-refractivity contribution in [2.24, 2.45) is 0 Å². The van der Waals surface area contributed by atoms with Crippen LogP contribution in [0.2, 0.25) is 0 Å². The fourth-order valence-electron chi connectivity index (χ4n) is 1.26. The van der Waals surface area contributed by atoms with Crippen molar-refractivity contribution < 1.29 is 14.3 Å². The number of hydrogen-bond acceptors (Lipinski definition) is 7. The normalized spacial score (nSPS) is 11.9. The lowest BCUT2D eigenvalue weighted by Gasteiger charge is -2.11. The van der Waals surface area contributed by atoms with Crippen LogP contribution in [0.25, 0.3) is 0 Å². The number of aromatic nitrogens is 2. The van der Waals surface area contributed by atoms with Crippen molar-refractivity contribution >= 4 is 29.5 Å². The molecule has 1 rings (SSSR count). The highest BCUT2D eigenvalue weighted by Gasteiger charge is 2.26. The highest BCUT2D eigenvalue weighted by Crippen LogP contribution is 2.24. The third-order valence-electron chi connectivity index (χ3n) is 1.96. The lowest BCUT2D eigenvalue weighted by Crippen LogP contribution is -2.27. The molecule has 6 nitrogen and oxygen atoms in total. The van der Waals surface area contributed by atoms with Gasteiger partial charge >= 0.3 is 5.97 Å². The molecule has 0 saturated heterocycles. The van der Waals surface area contributed by atoms with Gasteiger partial charge in [-0.3, -0.25) is 9.59 Å². The molecule has 2 N–H and O–H groups in total. The van der Waals surface area contributed by atoms with Crippen LogP contribution in [0.5, 0.6) is 0 Å². The summed E-state index contributed by atoms with van der Waals surface area (Å²) in [5.74, 6) is -0.734. The Kier molecular flexibility index (Phi) is 5.08. The van der Waals surface area contributed by atoms with E-state index < -0.39 is 11.2 Å². The van der Waals surface area contributed by atoms with Gasteiger partial charge in [0.2, 0.25) is 5.95 Å². The molecule has 0 aliphatic rings. The molecular weight excluding hydrogens is 254 g/mol. The highest BCUT2D eigenvalue weighted by atomic mass is 32.2. The summed E-state index contributed by atoms with van der Waals surface area (Å²) in [6.07, 6.45) is 0. The first-order chi connectivity index (χ1) is 8.43. The zero-order chi connectivity index (χ0) is 13.7. The number of nitrogen functional groups attached to an aromatic ring is 1. The number of carbonyl (C=O) groups excluding carboxylic acids is 2. The fraction of sp³-hybridized carbons (Fsp3) is 0.455. The molecule has 0 radical (unpaired) electrons. The van der Waals surface area contributed by atoms with Crippen LogP contribution in [0.15, 0.2) is 11.1 Å². The summed E-state index contributed by atoms with van der Waals surface area (Å²) in [5, 5.41) is -0.438. The molecule has 0 bridgehead atoms. The van der Waals surface area contributed by atoms with Crippen LogP contribution in [-0.2, 0) is 14.3 Å². The first kappa shape index (κ1) is 14.4. The molecule has 0 fully saturated rings. The van der Waals surface area contributed by atoms with Gasteiger partial charge in [0.05, 0.1) is 6.61 Å². The third-order valence-corrected chi connectivity index (χ3v) is 3.17. The van der Waals surface area contributed by atoms with Crippen LogP contribution in [0.4, 0.5) is 5.95 Å². The third kappa shape index (κ3) is 3.99. The number of ketones is 1. The van der Waals surface area contributed by atoms with Gasteiger partial charge in [-0.25, -0.2) is 9.97 Å². The van der Waals surface area contributed by atoms with Crippen LogP contribution in [-0.4, -0.2) is 33.6 Å². The number of Topliss-reactive ketones (excluding diaryl/α,β-unsaturated/α-hetero) is 1. The lowest BCUT2D eigenvalue weighted by atomic mass is 10.3. The summed E-state index contributed by atoms with van der Waals surface area (Å²) in [7, 11) is 0. The quantitative estimate of drug-likeness (QED) is 0.368. The highest BCUT2D eigenvalue weighted by molar-refractivity contribution is 8.01. The van der Waals surface area contributed by atoms with Crippen molar-refractivity contribution in [1.82, 2.24) is 9.97 Å². The van der Waals surface area contributed by atoms with Gasteiger partial charge in [0.15, 0.2) is 11.0 Å². The number of rotatable bonds is 5. The Morgan fingerprint density at radius 2 is 2.17 bits per heavy atom. The van der Waals surface area contributed by atoms with E-state index in [4.69, 9.17) is 10.5 Å². The van der Waals surface area contributed by atoms with Crippen molar-refractivity contribution in [2.45, 2.75) is 31.0 Å². The van der Waals surface area contributed by atoms with Gasteiger partial charge in [-0.1, -0.05) is 11.8 Å². The first-order valence-corrected chi connectivity index (χ1v) is 6.27. The molecule has 7 heteroatoms. The molecule has 98 valence electrons. The van der Waals surface area contributed by atoms with E-state index in [9.17, 15) is 9.59 Å². The number of carbonyl (C=O) groups is 2. The summed E-state index contributed by atoms with van der Waals surface area (Å²) in [6.45, 7) is 5.02. The Labute approximate surface area is 109 Å². The second-order valence-corrected chi connectivity index (χ2v) is 4.69. The smallest absolute Gasteiger partial charge is 0.327 e. The Bertz CT molecular complexity index is 445. The molecule has 18 heavy (non-hydrogen) atoms. The number of nitrogens with zero attached hydrogens (tertiary/aromatic N) is 2. The van der Waals surface area contributed by atoms with Gasteiger partial charge in [-0.15, -0.1) is 0 Å². The van der Waals surface area contributed by atoms with Crippen molar-refractivity contribution in [3.05, 3.63) is 11.8 Å². The SMILES string of the molecule is CCOC(=O)[C@H](Sc1cc(C)nc(N)n1)C(C)=O. The summed E-state index contributed by atoms with van der Waals surface area (Å²) >= 11 is 1.02. The Balaban J connectivity index is 2.89. The largest absolute Gasteiger partial charge is 0.465 e. The maximum Gasteiger partial charge on any atom is 0.327 e. The van der Waals surface area contributed by atoms with Crippen molar-refractivity contribution in [2.75, 3.05) is 12.3 Å². The number of hydrogen-bond donors (Lipinski definition) is 1. The molecule has 0 aromatic carbocycles. The Morgan fingerprint density at radius 1 is 1.50 bits per heavy atom. The second kappa shape index (κ2) is 6.34. The summed E-state index contributed by atoms with van der Waals surface area (Å²) in [6, 6.07) is 1.66. The Hall–Kier alpha value is -1.63. The van der Waals surface area contributed by atoms with Crippen LogP contribution >= 0.6 is 11.8 Å². The predicted octanol–water partition coefficient (Wildman–Crippen LogP) is 0.980. The van der Waals surface area contributed by atoms with Crippen LogP contribution < -0.4 is 5.73 Å². The van der Waals surface area contributed by atoms with E-state index in [2.05, 4.69) is 9.97 Å². The predicted molar refractivity (Wildman–Crippen MR) is 68.1 cm³/mol. The van der Waals surface area contributed by atoms with Crippen molar-refractivity contribution in [3.8, 4) is 0 Å². The van der Waals surface area contributed by atoms with E-state index in [0.717, 1.165) is 11.8 Å². The number of nitrogens with two attached hydrogens (primary N) is 1. The number of anilines is 1. The standard InChI is InChI=1S/C11H15N3O3S/c1-4-17-10(16)9(7(3)15)18-8-5-6(2)13-11(12)14-8/h5,9H,4H2,1-3H3,(H2,12,13,14)/t9-/m1/s1. The zero-order valence-corrected chi connectivity index (χ0v) is 11.3. The van der Waals surface area contributed by atoms with Gasteiger partial charge in [-0.05, 0) is 26.8 Å². The maximum atomic E-state index is 11.6. The van der Waals surface area contributed by atoms with Gasteiger partial charge in [0.25, 0.3) is 0 Å². The molecule has 1 heterocycles. The molecule has 0 aliphatic carbocycles. The summed E-state index contributed by atoms with van der Waals surface area (Å²) in [4.78, 5) is 30.9. The molecule has 1 atom stereocenters. The second-order valence-electron chi connectivity index (χ2n) is 3.57. The molecule has 0 saturated carbocycles. The zero-order valence-electron chi connectivity index (χ0n) is 10.5. The molecule has 0 unspecified atom stereocenters. The molecular formula is C11H15N3O3S. The Morgan fingerprint density at radius 3 is 2.67 bits per heavy atom. The topological polar surface area (TPSA) is 95.2 Å². The average Bonchev–Trinajstić information content (AvgIpc) is 2.24. The molecule has 1 aromatic rings. The van der Waals surface area contributed by atoms with Gasteiger partial charge in [0, 0.05) is 5.69 Å². The molecule has 0 spiro atoms. The summed E-state index contributed by atoms with van der Waals surface area (Å²) in [5.41, 5.74) is 6.19. The van der Waals surface area contributed by atoms with Gasteiger partial charge in [-0.2, -0.15) is 0 Å². The van der Waals surface area contributed by atoms with E-state index >= 15 is 0 Å². The van der Waals surface area contributed by atoms with E-state index in [1.807, 2.05) is 0 Å². The first-order valence-electron chi connectivity index (χ1n) is 5.39. The average molecular weight is 269 g/mol. The van der Waals surface area contributed by atoms with Gasteiger partial charge < -0.3 is 10.5 Å². The lowest BCUT2D eigenvalue weighted by molar-refractivity contribution is -0.144. The molecule has 0 aliphatic heterocycles. The number of esters is 1.